The van der Waals surface area contributed by atoms with Crippen molar-refractivity contribution in [1.29, 1.82) is 0 Å². The van der Waals surface area contributed by atoms with Crippen molar-refractivity contribution in [3.05, 3.63) is 63.9 Å². The number of halogens is 3. The number of nitrogens with one attached hydrogen (secondary N) is 1. The van der Waals surface area contributed by atoms with Crippen LogP contribution in [0.25, 0.3) is 0 Å². The van der Waals surface area contributed by atoms with Crippen molar-refractivity contribution in [3.63, 3.8) is 0 Å². The van der Waals surface area contributed by atoms with E-state index in [1.54, 1.807) is 18.2 Å². The van der Waals surface area contributed by atoms with E-state index in [1.165, 1.54) is 28.6 Å². The Morgan fingerprint density at radius 3 is 2.39 bits per heavy atom. The van der Waals surface area contributed by atoms with Gasteiger partial charge in [-0.1, -0.05) is 35.3 Å². The SMILES string of the molecule is O=C(Nc1cc(Cl)ccc1Cl)C1CCN(S(=O)(=O)Cc2ccc(F)cc2)CC1. The van der Waals surface area contributed by atoms with Crippen LogP contribution in [0.4, 0.5) is 10.1 Å². The fourth-order valence-corrected chi connectivity index (χ4v) is 5.01. The van der Waals surface area contributed by atoms with Gasteiger partial charge in [-0.05, 0) is 48.7 Å². The average molecular weight is 445 g/mol. The molecule has 0 radical (unpaired) electrons. The minimum atomic E-state index is -3.53. The predicted molar refractivity (Wildman–Crippen MR) is 108 cm³/mol. The second-order valence-electron chi connectivity index (χ2n) is 6.67. The third kappa shape index (κ3) is 5.23. The van der Waals surface area contributed by atoms with Gasteiger partial charge in [0, 0.05) is 24.0 Å². The number of sulfonamides is 1. The van der Waals surface area contributed by atoms with E-state index < -0.39 is 15.8 Å². The molecular weight excluding hydrogens is 426 g/mol. The zero-order chi connectivity index (χ0) is 20.3. The summed E-state index contributed by atoms with van der Waals surface area (Å²) in [4.78, 5) is 12.5. The molecule has 1 saturated heterocycles. The van der Waals surface area contributed by atoms with E-state index in [-0.39, 0.29) is 30.7 Å². The van der Waals surface area contributed by atoms with Crippen LogP contribution in [0, 0.1) is 11.7 Å². The molecule has 1 amide bonds. The lowest BCUT2D eigenvalue weighted by atomic mass is 9.97. The van der Waals surface area contributed by atoms with Gasteiger partial charge in [0.2, 0.25) is 15.9 Å². The first kappa shape index (κ1) is 21.0. The smallest absolute Gasteiger partial charge is 0.227 e. The Bertz CT molecular complexity index is 960. The van der Waals surface area contributed by atoms with Crippen molar-refractivity contribution in [2.75, 3.05) is 18.4 Å². The van der Waals surface area contributed by atoms with Crippen molar-refractivity contribution in [1.82, 2.24) is 4.31 Å². The Hall–Kier alpha value is -1.67. The van der Waals surface area contributed by atoms with Gasteiger partial charge >= 0.3 is 0 Å². The summed E-state index contributed by atoms with van der Waals surface area (Å²) < 4.78 is 39.5. The zero-order valence-electron chi connectivity index (χ0n) is 14.9. The summed E-state index contributed by atoms with van der Waals surface area (Å²) in [5.74, 6) is -1.12. The van der Waals surface area contributed by atoms with Crippen molar-refractivity contribution in [3.8, 4) is 0 Å². The first-order valence-electron chi connectivity index (χ1n) is 8.73. The standard InChI is InChI=1S/C19H19Cl2FN2O3S/c20-15-3-6-17(21)18(11-15)23-19(25)14-7-9-24(10-8-14)28(26,27)12-13-1-4-16(22)5-2-13/h1-6,11,14H,7-10,12H2,(H,23,25). The van der Waals surface area contributed by atoms with Gasteiger partial charge in [-0.15, -0.1) is 0 Å². The topological polar surface area (TPSA) is 66.5 Å². The van der Waals surface area contributed by atoms with Crippen molar-refractivity contribution in [2.24, 2.45) is 5.92 Å². The molecule has 5 nitrogen and oxygen atoms in total. The average Bonchev–Trinajstić information content (AvgIpc) is 2.66. The van der Waals surface area contributed by atoms with Crippen molar-refractivity contribution >= 4 is 44.8 Å². The minimum absolute atomic E-state index is 0.192. The van der Waals surface area contributed by atoms with Crippen LogP contribution >= 0.6 is 23.2 Å². The van der Waals surface area contributed by atoms with Crippen molar-refractivity contribution < 1.29 is 17.6 Å². The first-order chi connectivity index (χ1) is 13.2. The first-order valence-corrected chi connectivity index (χ1v) is 11.1. The molecule has 150 valence electrons. The summed E-state index contributed by atoms with van der Waals surface area (Å²) in [6.07, 6.45) is 0.819. The van der Waals surface area contributed by atoms with Crippen LogP contribution in [-0.4, -0.2) is 31.7 Å². The Morgan fingerprint density at radius 1 is 1.11 bits per heavy atom. The molecule has 0 unspecified atom stereocenters. The second kappa shape index (κ2) is 8.78. The van der Waals surface area contributed by atoms with Gasteiger partial charge in [0.05, 0.1) is 16.5 Å². The summed E-state index contributed by atoms with van der Waals surface area (Å²) >= 11 is 12.0. The van der Waals surface area contributed by atoms with Crippen LogP contribution < -0.4 is 5.32 Å². The number of rotatable bonds is 5. The van der Waals surface area contributed by atoms with Crippen LogP contribution in [0.1, 0.15) is 18.4 Å². The molecule has 0 aliphatic carbocycles. The molecule has 0 atom stereocenters. The van der Waals surface area contributed by atoms with Crippen molar-refractivity contribution in [2.45, 2.75) is 18.6 Å². The van der Waals surface area contributed by atoms with Gasteiger partial charge in [-0.2, -0.15) is 0 Å². The maximum Gasteiger partial charge on any atom is 0.227 e. The van der Waals surface area contributed by atoms with E-state index in [4.69, 9.17) is 23.2 Å². The van der Waals surface area contributed by atoms with Gasteiger partial charge in [-0.3, -0.25) is 4.79 Å². The molecule has 3 rings (SSSR count). The number of anilines is 1. The highest BCUT2D eigenvalue weighted by Crippen LogP contribution is 2.28. The molecule has 1 N–H and O–H groups in total. The fraction of sp³-hybridized carbons (Fsp3) is 0.316. The highest BCUT2D eigenvalue weighted by atomic mass is 35.5. The maximum atomic E-state index is 13.0. The summed E-state index contributed by atoms with van der Waals surface area (Å²) in [6, 6.07) is 10.2. The van der Waals surface area contributed by atoms with E-state index >= 15 is 0 Å². The molecule has 0 aromatic heterocycles. The number of piperidine rings is 1. The van der Waals surface area contributed by atoms with E-state index in [2.05, 4.69) is 5.32 Å². The van der Waals surface area contributed by atoms with E-state index in [0.717, 1.165) is 0 Å². The summed E-state index contributed by atoms with van der Waals surface area (Å²) in [6.45, 7) is 0.510. The van der Waals surface area contributed by atoms with Gasteiger partial charge < -0.3 is 5.32 Å². The van der Waals surface area contributed by atoms with Gasteiger partial charge in [-0.25, -0.2) is 17.1 Å². The van der Waals surface area contributed by atoms with Gasteiger partial charge in [0.25, 0.3) is 0 Å². The number of carbonyl (C=O) groups is 1. The predicted octanol–water partition coefficient (Wildman–Crippen LogP) is 4.31. The molecule has 0 spiro atoms. The normalized spacial score (nSPS) is 16.1. The summed E-state index contributed by atoms with van der Waals surface area (Å²) in [7, 11) is -3.53. The molecular formula is C19H19Cl2FN2O3S. The van der Waals surface area contributed by atoms with Gasteiger partial charge in [0.1, 0.15) is 5.82 Å². The quantitative estimate of drug-likeness (QED) is 0.746. The Kier molecular flexibility index (Phi) is 6.60. The molecule has 1 aliphatic heterocycles. The molecule has 2 aromatic carbocycles. The van der Waals surface area contributed by atoms with E-state index in [9.17, 15) is 17.6 Å². The molecule has 1 aliphatic rings. The molecule has 1 fully saturated rings. The molecule has 0 saturated carbocycles. The minimum Gasteiger partial charge on any atom is -0.324 e. The number of amides is 1. The highest BCUT2D eigenvalue weighted by Gasteiger charge is 2.31. The fourth-order valence-electron chi connectivity index (χ4n) is 3.11. The van der Waals surface area contributed by atoms with Gasteiger partial charge in [0.15, 0.2) is 0 Å². The lowest BCUT2D eigenvalue weighted by Crippen LogP contribution is -2.41. The third-order valence-corrected chi connectivity index (χ3v) is 7.08. The van der Waals surface area contributed by atoms with Crippen LogP contribution in [0.2, 0.25) is 10.0 Å². The third-order valence-electron chi connectivity index (χ3n) is 4.67. The molecule has 1 heterocycles. The van der Waals surface area contributed by atoms with Crippen LogP contribution in [-0.2, 0) is 20.6 Å². The van der Waals surface area contributed by atoms with Crippen LogP contribution in [0.15, 0.2) is 42.5 Å². The number of hydrogen-bond acceptors (Lipinski definition) is 3. The zero-order valence-corrected chi connectivity index (χ0v) is 17.2. The molecule has 9 heteroatoms. The Balaban J connectivity index is 1.58. The maximum absolute atomic E-state index is 13.0. The number of benzene rings is 2. The highest BCUT2D eigenvalue weighted by molar-refractivity contribution is 7.88. The Morgan fingerprint density at radius 2 is 1.75 bits per heavy atom. The Labute approximate surface area is 173 Å². The lowest BCUT2D eigenvalue weighted by Gasteiger charge is -2.30. The number of carbonyl (C=O) groups excluding carboxylic acids is 1. The van der Waals surface area contributed by atoms with Crippen LogP contribution in [0.5, 0.6) is 0 Å². The monoisotopic (exact) mass is 444 g/mol. The molecule has 28 heavy (non-hydrogen) atoms. The van der Waals surface area contributed by atoms with Crippen LogP contribution in [0.3, 0.4) is 0 Å². The summed E-state index contributed by atoms with van der Waals surface area (Å²) in [5.41, 5.74) is 0.961. The second-order valence-corrected chi connectivity index (χ2v) is 9.48. The van der Waals surface area contributed by atoms with E-state index in [1.807, 2.05) is 0 Å². The van der Waals surface area contributed by atoms with E-state index in [0.29, 0.717) is 34.1 Å². The largest absolute Gasteiger partial charge is 0.324 e. The number of hydrogen-bond donors (Lipinski definition) is 1. The summed E-state index contributed by atoms with van der Waals surface area (Å²) in [5, 5.41) is 3.61. The molecule has 2 aromatic rings. The molecule has 0 bridgehead atoms. The number of nitrogens with zero attached hydrogens (tertiary/aromatic N) is 1. The lowest BCUT2D eigenvalue weighted by molar-refractivity contribution is -0.120.